The highest BCUT2D eigenvalue weighted by Gasteiger charge is 2.45. The predicted octanol–water partition coefficient (Wildman–Crippen LogP) is 12.7. The maximum absolute atomic E-state index is 5.40. The molecule has 6 atom stereocenters. The van der Waals surface area contributed by atoms with Gasteiger partial charge in [0, 0.05) is 23.2 Å². The number of hydrogen-bond donors (Lipinski definition) is 3. The molecule has 2 saturated heterocycles. The standard InChI is InChI=1S/C56H52N5/c1-2-14-38(15-3-1)53-58-54(60-55(59-53)45-32-29-36-13-4-5-16-40(36)34-45)44-20-11-19-43(35-44)42-18-10-17-41(33-42)37-27-30-39(31-28-37)56-57-50-25-12-24-49-47-22-7-6-21-46(47)48-23-8-9-26-51(48)61(56)52(49)50/h1-2,4-6,8-11,13-14,16-21,23,26-30,32-35,39,50,53-57,59-60H,3,7,12,15,22,24-25,31H2/q-1. The zero-order chi connectivity index (χ0) is 40.3. The molecule has 5 aromatic carbocycles. The van der Waals surface area contributed by atoms with Crippen LogP contribution < -0.4 is 20.9 Å². The van der Waals surface area contributed by atoms with E-state index in [1.54, 1.807) is 16.8 Å². The Kier molecular flexibility index (Phi) is 9.44. The molecule has 0 amide bonds. The Morgan fingerprint density at radius 2 is 1.48 bits per heavy atom. The molecule has 61 heavy (non-hydrogen) atoms. The molecular weight excluding hydrogens is 743 g/mol. The molecule has 0 bridgehead atoms. The van der Waals surface area contributed by atoms with Crippen LogP contribution in [0.2, 0.25) is 0 Å². The summed E-state index contributed by atoms with van der Waals surface area (Å²) in [5.41, 5.74) is 17.7. The van der Waals surface area contributed by atoms with Gasteiger partial charge in [0.2, 0.25) is 0 Å². The molecule has 5 nitrogen and oxygen atoms in total. The van der Waals surface area contributed by atoms with Gasteiger partial charge in [0.1, 0.15) is 0 Å². The average molecular weight is 795 g/mol. The first-order valence-corrected chi connectivity index (χ1v) is 22.7. The van der Waals surface area contributed by atoms with Crippen molar-refractivity contribution in [1.82, 2.24) is 16.0 Å². The van der Waals surface area contributed by atoms with E-state index >= 15 is 0 Å². The van der Waals surface area contributed by atoms with Crippen LogP contribution in [0.25, 0.3) is 38.4 Å². The number of hydrogen-bond acceptors (Lipinski definition) is 4. The van der Waals surface area contributed by atoms with Crippen LogP contribution in [0.4, 0.5) is 5.69 Å². The van der Waals surface area contributed by atoms with Gasteiger partial charge in [-0.1, -0.05) is 169 Å². The number of benzene rings is 5. The monoisotopic (exact) mass is 794 g/mol. The number of anilines is 1. The first-order valence-electron chi connectivity index (χ1n) is 22.7. The first-order chi connectivity index (χ1) is 30.2. The fourth-order valence-electron chi connectivity index (χ4n) is 11.2. The Bertz CT molecular complexity index is 2780. The summed E-state index contributed by atoms with van der Waals surface area (Å²) < 4.78 is 0. The average Bonchev–Trinajstić information content (AvgIpc) is 3.68. The molecular formula is C56H52N5-. The van der Waals surface area contributed by atoms with Crippen LogP contribution in [0.15, 0.2) is 186 Å². The molecule has 3 aliphatic heterocycles. The van der Waals surface area contributed by atoms with Gasteiger partial charge in [-0.05, 0) is 125 Å². The largest absolute Gasteiger partial charge is 0.625 e. The van der Waals surface area contributed by atoms with E-state index in [1.165, 1.54) is 85.8 Å². The van der Waals surface area contributed by atoms with Crippen LogP contribution >= 0.6 is 0 Å². The van der Waals surface area contributed by atoms with Gasteiger partial charge in [-0.2, -0.15) is 0 Å². The minimum atomic E-state index is -0.160. The topological polar surface area (TPSA) is 53.4 Å². The Morgan fingerprint density at radius 1 is 0.639 bits per heavy atom. The molecule has 5 aromatic rings. The number of fused-ring (bicyclic) bond motifs is 5. The van der Waals surface area contributed by atoms with E-state index < -0.39 is 0 Å². The molecule has 7 aliphatic rings. The Hall–Kier alpha value is -5.82. The second kappa shape index (κ2) is 15.6. The number of nitrogens with zero attached hydrogens (tertiary/aromatic N) is 2. The molecule has 3 N–H and O–H groups in total. The van der Waals surface area contributed by atoms with Crippen molar-refractivity contribution in [2.24, 2.45) is 5.92 Å². The summed E-state index contributed by atoms with van der Waals surface area (Å²) in [6, 6.07) is 43.1. The van der Waals surface area contributed by atoms with Crippen molar-refractivity contribution in [1.29, 1.82) is 0 Å². The normalized spacial score (nSPS) is 26.7. The third-order valence-electron chi connectivity index (χ3n) is 14.2. The number of allylic oxidation sites excluding steroid dienone is 11. The van der Waals surface area contributed by atoms with Crippen LogP contribution in [0.3, 0.4) is 0 Å². The lowest BCUT2D eigenvalue weighted by Crippen LogP contribution is -2.49. The van der Waals surface area contributed by atoms with Crippen molar-refractivity contribution in [2.75, 3.05) is 4.90 Å². The Morgan fingerprint density at radius 3 is 2.38 bits per heavy atom. The van der Waals surface area contributed by atoms with Crippen LogP contribution in [-0.4, -0.2) is 18.4 Å². The second-order valence-corrected chi connectivity index (χ2v) is 17.8. The lowest BCUT2D eigenvalue weighted by molar-refractivity contribution is 0.328. The van der Waals surface area contributed by atoms with Gasteiger partial charge in [-0.15, -0.1) is 0 Å². The first kappa shape index (κ1) is 37.0. The molecule has 0 radical (unpaired) electrons. The van der Waals surface area contributed by atoms with Gasteiger partial charge >= 0.3 is 0 Å². The molecule has 2 fully saturated rings. The SMILES string of the molecule is C1=CCCC(C2[N-]C(c3cccc(-c4cccc(C5=CCC(C6NC7CCCC8=C7N6c6ccccc6C6=C8CCC=C6)C=C5)c4)c3)NC(c3ccc4ccccc4c3)N2)=C1. The molecule has 4 aliphatic carbocycles. The summed E-state index contributed by atoms with van der Waals surface area (Å²) in [5.74, 6) is 0.366. The number of para-hydroxylation sites is 1. The van der Waals surface area contributed by atoms with Gasteiger partial charge in [-0.3, -0.25) is 5.32 Å². The van der Waals surface area contributed by atoms with Crippen LogP contribution in [-0.2, 0) is 0 Å². The maximum Gasteiger partial charge on any atom is 0.0914 e. The lowest BCUT2D eigenvalue weighted by Gasteiger charge is -2.51. The summed E-state index contributed by atoms with van der Waals surface area (Å²) in [6.45, 7) is 0. The highest BCUT2D eigenvalue weighted by atomic mass is 15.4. The maximum atomic E-state index is 5.40. The van der Waals surface area contributed by atoms with Gasteiger partial charge < -0.3 is 20.9 Å². The molecule has 0 saturated carbocycles. The van der Waals surface area contributed by atoms with Crippen molar-refractivity contribution < 1.29 is 0 Å². The van der Waals surface area contributed by atoms with Gasteiger partial charge in [0.05, 0.1) is 18.0 Å². The summed E-state index contributed by atoms with van der Waals surface area (Å²) in [7, 11) is 0. The highest BCUT2D eigenvalue weighted by molar-refractivity contribution is 5.91. The van der Waals surface area contributed by atoms with Gasteiger partial charge in [0.25, 0.3) is 0 Å². The summed E-state index contributed by atoms with van der Waals surface area (Å²) >= 11 is 0. The van der Waals surface area contributed by atoms with Crippen molar-refractivity contribution in [3.63, 3.8) is 0 Å². The van der Waals surface area contributed by atoms with E-state index in [2.05, 4.69) is 185 Å². The Labute approximate surface area is 360 Å². The van der Waals surface area contributed by atoms with E-state index in [0.717, 1.165) is 32.1 Å². The third-order valence-corrected chi connectivity index (χ3v) is 14.2. The minimum Gasteiger partial charge on any atom is -0.625 e. The third kappa shape index (κ3) is 6.72. The summed E-state index contributed by atoms with van der Waals surface area (Å²) in [6.07, 6.45) is 27.8. The molecule has 302 valence electrons. The zero-order valence-electron chi connectivity index (χ0n) is 34.6. The highest BCUT2D eigenvalue weighted by Crippen LogP contribution is 2.50. The van der Waals surface area contributed by atoms with Crippen molar-refractivity contribution in [3.05, 3.63) is 214 Å². The van der Waals surface area contributed by atoms with Crippen molar-refractivity contribution >= 4 is 27.6 Å². The van der Waals surface area contributed by atoms with E-state index in [0.29, 0.717) is 12.0 Å². The smallest absolute Gasteiger partial charge is 0.0914 e. The molecule has 6 unspecified atom stereocenters. The minimum absolute atomic E-state index is 0.0414. The summed E-state index contributed by atoms with van der Waals surface area (Å²) in [4.78, 5) is 2.72. The second-order valence-electron chi connectivity index (χ2n) is 17.8. The predicted molar refractivity (Wildman–Crippen MR) is 252 cm³/mol. The molecule has 12 rings (SSSR count). The van der Waals surface area contributed by atoms with E-state index in [-0.39, 0.29) is 24.7 Å². The van der Waals surface area contributed by atoms with Gasteiger partial charge in [0.15, 0.2) is 0 Å². The molecule has 3 heterocycles. The van der Waals surface area contributed by atoms with Crippen LogP contribution in [0, 0.1) is 5.92 Å². The fourth-order valence-corrected chi connectivity index (χ4v) is 11.2. The summed E-state index contributed by atoms with van der Waals surface area (Å²) in [5, 5.41) is 19.8. The van der Waals surface area contributed by atoms with Crippen molar-refractivity contribution in [3.8, 4) is 11.1 Å². The number of rotatable bonds is 6. The molecule has 0 spiro atoms. The number of nitrogens with one attached hydrogen (secondary N) is 3. The fraction of sp³-hybridized carbons (Fsp3) is 0.250. The zero-order valence-corrected chi connectivity index (χ0v) is 34.6. The quantitative estimate of drug-likeness (QED) is 0.160. The van der Waals surface area contributed by atoms with E-state index in [4.69, 9.17) is 5.32 Å². The van der Waals surface area contributed by atoms with E-state index in [1.807, 2.05) is 0 Å². The van der Waals surface area contributed by atoms with E-state index in [9.17, 15) is 0 Å². The lowest BCUT2D eigenvalue weighted by atomic mass is 9.82. The van der Waals surface area contributed by atoms with Crippen LogP contribution in [0.5, 0.6) is 0 Å². The molecule has 5 heteroatoms. The van der Waals surface area contributed by atoms with Gasteiger partial charge in [-0.25, -0.2) is 0 Å². The van der Waals surface area contributed by atoms with Crippen molar-refractivity contribution in [2.45, 2.75) is 82.1 Å². The van der Waals surface area contributed by atoms with Crippen LogP contribution in [0.1, 0.15) is 86.0 Å². The molecule has 0 aromatic heterocycles. The Balaban J connectivity index is 0.808.